The summed E-state index contributed by atoms with van der Waals surface area (Å²) in [5, 5.41) is 7.87. The van der Waals surface area contributed by atoms with Crippen molar-refractivity contribution in [3.8, 4) is 0 Å². The Kier molecular flexibility index (Phi) is 7.59. The van der Waals surface area contributed by atoms with E-state index in [2.05, 4.69) is 10.2 Å². The van der Waals surface area contributed by atoms with Gasteiger partial charge in [0, 0.05) is 13.0 Å². The maximum atomic E-state index is 12.8. The SMILES string of the molecule is CCOC(=O)C(=O)[C@H](/N=N/c1ccccc1)C(=O)C1CCC(OC)CC1. The predicted octanol–water partition coefficient (Wildman–Crippen LogP) is 3.05. The molecule has 0 bridgehead atoms. The van der Waals surface area contributed by atoms with E-state index in [9.17, 15) is 14.4 Å². The lowest BCUT2D eigenvalue weighted by molar-refractivity contribution is -0.155. The first-order chi connectivity index (χ1) is 12.6. The molecule has 2 rings (SSSR count). The summed E-state index contributed by atoms with van der Waals surface area (Å²) in [6.07, 6.45) is 2.81. The summed E-state index contributed by atoms with van der Waals surface area (Å²) in [7, 11) is 1.65. The zero-order chi connectivity index (χ0) is 18.9. The Morgan fingerprint density at radius 3 is 2.35 bits per heavy atom. The van der Waals surface area contributed by atoms with Gasteiger partial charge in [-0.1, -0.05) is 18.2 Å². The second kappa shape index (κ2) is 9.91. The number of esters is 1. The van der Waals surface area contributed by atoms with E-state index in [0.717, 1.165) is 12.8 Å². The van der Waals surface area contributed by atoms with E-state index in [0.29, 0.717) is 18.5 Å². The Labute approximate surface area is 152 Å². The molecule has 0 aliphatic heterocycles. The monoisotopic (exact) mass is 360 g/mol. The van der Waals surface area contributed by atoms with Crippen LogP contribution >= 0.6 is 0 Å². The standard InChI is InChI=1S/C19H24N2O5/c1-3-26-19(24)18(23)16(21-20-14-7-5-4-6-8-14)17(22)13-9-11-15(25-2)12-10-13/h4-8,13,15-16H,3,9-12H2,1-2H3/b21-20+/t13?,15?,16-/m1/s1. The molecule has 0 radical (unpaired) electrons. The molecule has 1 aromatic carbocycles. The van der Waals surface area contributed by atoms with E-state index in [1.807, 2.05) is 6.07 Å². The van der Waals surface area contributed by atoms with Crippen molar-refractivity contribution in [3.63, 3.8) is 0 Å². The molecule has 7 nitrogen and oxygen atoms in total. The summed E-state index contributed by atoms with van der Waals surface area (Å²) in [5.41, 5.74) is 0.505. The highest BCUT2D eigenvalue weighted by Gasteiger charge is 2.38. The Balaban J connectivity index is 2.16. The predicted molar refractivity (Wildman–Crippen MR) is 94.1 cm³/mol. The van der Waals surface area contributed by atoms with Crippen molar-refractivity contribution in [2.24, 2.45) is 16.1 Å². The van der Waals surface area contributed by atoms with Crippen molar-refractivity contribution in [2.75, 3.05) is 13.7 Å². The first-order valence-electron chi connectivity index (χ1n) is 8.80. The molecule has 1 aliphatic carbocycles. The van der Waals surface area contributed by atoms with Crippen LogP contribution in [0, 0.1) is 5.92 Å². The first kappa shape index (κ1) is 19.9. The molecule has 0 unspecified atom stereocenters. The average molecular weight is 360 g/mol. The molecule has 1 aromatic rings. The number of hydrogen-bond acceptors (Lipinski definition) is 7. The molecular formula is C19H24N2O5. The molecule has 1 atom stereocenters. The number of methoxy groups -OCH3 is 1. The highest BCUT2D eigenvalue weighted by Crippen LogP contribution is 2.28. The maximum absolute atomic E-state index is 12.8. The minimum Gasteiger partial charge on any atom is -0.460 e. The van der Waals surface area contributed by atoms with Gasteiger partial charge in [0.25, 0.3) is 5.78 Å². The van der Waals surface area contributed by atoms with Crippen LogP contribution in [0.25, 0.3) is 0 Å². The summed E-state index contributed by atoms with van der Waals surface area (Å²) in [6.45, 7) is 1.65. The third-order valence-corrected chi connectivity index (χ3v) is 4.45. The fourth-order valence-electron chi connectivity index (χ4n) is 2.98. The second-order valence-electron chi connectivity index (χ2n) is 6.15. The Hall–Kier alpha value is -2.41. The van der Waals surface area contributed by atoms with Crippen LogP contribution in [0.2, 0.25) is 0 Å². The zero-order valence-electron chi connectivity index (χ0n) is 15.1. The van der Waals surface area contributed by atoms with Crippen molar-refractivity contribution in [1.82, 2.24) is 0 Å². The minimum absolute atomic E-state index is 0.0558. The lowest BCUT2D eigenvalue weighted by Gasteiger charge is -2.27. The quantitative estimate of drug-likeness (QED) is 0.307. The third-order valence-electron chi connectivity index (χ3n) is 4.45. The Bertz CT molecular complexity index is 651. The molecule has 0 amide bonds. The van der Waals surface area contributed by atoms with E-state index in [1.165, 1.54) is 0 Å². The molecule has 0 spiro atoms. The van der Waals surface area contributed by atoms with Crippen LogP contribution in [-0.4, -0.2) is 43.4 Å². The van der Waals surface area contributed by atoms with E-state index in [1.54, 1.807) is 38.3 Å². The zero-order valence-corrected chi connectivity index (χ0v) is 15.1. The number of carbonyl (C=O) groups is 3. The Morgan fingerprint density at radius 2 is 1.77 bits per heavy atom. The van der Waals surface area contributed by atoms with Crippen molar-refractivity contribution in [2.45, 2.75) is 44.8 Å². The van der Waals surface area contributed by atoms with Crippen molar-refractivity contribution >= 4 is 23.2 Å². The van der Waals surface area contributed by atoms with Crippen LogP contribution in [0.5, 0.6) is 0 Å². The number of ketones is 2. The molecule has 1 saturated carbocycles. The molecule has 1 fully saturated rings. The van der Waals surface area contributed by atoms with Gasteiger partial charge in [0.15, 0.2) is 11.8 Å². The molecule has 0 heterocycles. The lowest BCUT2D eigenvalue weighted by atomic mass is 9.82. The summed E-state index contributed by atoms with van der Waals surface area (Å²) in [5.74, 6) is -2.73. The first-order valence-corrected chi connectivity index (χ1v) is 8.80. The van der Waals surface area contributed by atoms with Gasteiger partial charge in [0.05, 0.1) is 18.4 Å². The van der Waals surface area contributed by atoms with E-state index < -0.39 is 17.8 Å². The lowest BCUT2D eigenvalue weighted by Crippen LogP contribution is -2.40. The van der Waals surface area contributed by atoms with Gasteiger partial charge in [0.1, 0.15) is 0 Å². The summed E-state index contributed by atoms with van der Waals surface area (Å²) < 4.78 is 10.1. The molecule has 1 aliphatic rings. The van der Waals surface area contributed by atoms with Gasteiger partial charge in [-0.25, -0.2) is 4.79 Å². The van der Waals surface area contributed by atoms with Crippen LogP contribution in [0.3, 0.4) is 0 Å². The topological polar surface area (TPSA) is 94.4 Å². The number of Topliss-reactive ketones (excluding diaryl/α,β-unsaturated/α-hetero) is 2. The maximum Gasteiger partial charge on any atom is 0.377 e. The van der Waals surface area contributed by atoms with Gasteiger partial charge >= 0.3 is 5.97 Å². The fourth-order valence-corrected chi connectivity index (χ4v) is 2.98. The van der Waals surface area contributed by atoms with Gasteiger partial charge < -0.3 is 9.47 Å². The van der Waals surface area contributed by atoms with Crippen LogP contribution in [-0.2, 0) is 23.9 Å². The van der Waals surface area contributed by atoms with Crippen LogP contribution in [0.4, 0.5) is 5.69 Å². The summed E-state index contributed by atoms with van der Waals surface area (Å²) in [4.78, 5) is 37.1. The van der Waals surface area contributed by atoms with Gasteiger partial charge in [0.2, 0.25) is 0 Å². The van der Waals surface area contributed by atoms with Gasteiger partial charge in [-0.15, -0.1) is 0 Å². The summed E-state index contributed by atoms with van der Waals surface area (Å²) >= 11 is 0. The average Bonchev–Trinajstić information content (AvgIpc) is 2.68. The van der Waals surface area contributed by atoms with E-state index >= 15 is 0 Å². The van der Waals surface area contributed by atoms with Crippen molar-refractivity contribution in [3.05, 3.63) is 30.3 Å². The van der Waals surface area contributed by atoms with Crippen molar-refractivity contribution in [1.29, 1.82) is 0 Å². The van der Waals surface area contributed by atoms with Crippen molar-refractivity contribution < 1.29 is 23.9 Å². The number of nitrogens with zero attached hydrogens (tertiary/aromatic N) is 2. The molecule has 0 saturated heterocycles. The van der Waals surface area contributed by atoms with E-state index in [-0.39, 0.29) is 24.4 Å². The normalized spacial score (nSPS) is 21.3. The molecule has 7 heteroatoms. The fraction of sp³-hybridized carbons (Fsp3) is 0.526. The van der Waals surface area contributed by atoms with Crippen LogP contribution in [0.1, 0.15) is 32.6 Å². The molecule has 140 valence electrons. The van der Waals surface area contributed by atoms with Gasteiger partial charge in [-0.2, -0.15) is 10.2 Å². The molecule has 0 N–H and O–H groups in total. The summed E-state index contributed by atoms with van der Waals surface area (Å²) in [6, 6.07) is 7.29. The second-order valence-corrected chi connectivity index (χ2v) is 6.15. The molecule has 26 heavy (non-hydrogen) atoms. The number of ether oxygens (including phenoxy) is 2. The van der Waals surface area contributed by atoms with Crippen LogP contribution < -0.4 is 0 Å². The van der Waals surface area contributed by atoms with Crippen LogP contribution in [0.15, 0.2) is 40.6 Å². The largest absolute Gasteiger partial charge is 0.460 e. The highest BCUT2D eigenvalue weighted by atomic mass is 16.5. The van der Waals surface area contributed by atoms with E-state index in [4.69, 9.17) is 9.47 Å². The minimum atomic E-state index is -1.46. The smallest absolute Gasteiger partial charge is 0.377 e. The number of hydrogen-bond donors (Lipinski definition) is 0. The van der Waals surface area contributed by atoms with Gasteiger partial charge in [-0.3, -0.25) is 9.59 Å². The molecular weight excluding hydrogens is 336 g/mol. The number of carbonyl (C=O) groups excluding carboxylic acids is 3. The third kappa shape index (κ3) is 5.29. The number of benzene rings is 1. The number of azo groups is 1. The highest BCUT2D eigenvalue weighted by molar-refractivity contribution is 6.40. The molecule has 0 aromatic heterocycles. The van der Waals surface area contributed by atoms with Gasteiger partial charge in [-0.05, 0) is 44.7 Å². The number of rotatable bonds is 8. The Morgan fingerprint density at radius 1 is 1.12 bits per heavy atom.